The summed E-state index contributed by atoms with van der Waals surface area (Å²) in [5.74, 6) is -0.985. The molecular formula is C34H37N5O5. The highest BCUT2D eigenvalue weighted by Gasteiger charge is 2.32. The van der Waals surface area contributed by atoms with Crippen LogP contribution >= 0.6 is 0 Å². The fourth-order valence-corrected chi connectivity index (χ4v) is 6.25. The van der Waals surface area contributed by atoms with Crippen LogP contribution in [0.4, 0.5) is 11.4 Å². The minimum atomic E-state index is -0.463. The van der Waals surface area contributed by atoms with Gasteiger partial charge in [0.25, 0.3) is 11.8 Å². The number of benzene rings is 3. The maximum Gasteiger partial charge on any atom is 0.338 e. The largest absolute Gasteiger partial charge is 0.465 e. The van der Waals surface area contributed by atoms with E-state index in [0.29, 0.717) is 63.6 Å². The maximum absolute atomic E-state index is 13.3. The highest BCUT2D eigenvalue weighted by Crippen LogP contribution is 2.39. The van der Waals surface area contributed by atoms with Crippen LogP contribution in [0.1, 0.15) is 50.2 Å². The van der Waals surface area contributed by atoms with Crippen LogP contribution < -0.4 is 16.0 Å². The second-order valence-corrected chi connectivity index (χ2v) is 11.5. The normalized spacial score (nSPS) is 20.1. The number of anilines is 2. The first-order valence-corrected chi connectivity index (χ1v) is 14.9. The summed E-state index contributed by atoms with van der Waals surface area (Å²) in [5, 5.41) is 11.2. The number of methoxy groups -OCH3 is 1. The third kappa shape index (κ3) is 6.10. The number of carbonyl (C=O) groups is 3. The number of esters is 1. The summed E-state index contributed by atoms with van der Waals surface area (Å²) in [6.07, 6.45) is 2.46. The Kier molecular flexibility index (Phi) is 8.47. The Morgan fingerprint density at radius 2 is 1.70 bits per heavy atom. The number of rotatable bonds is 9. The standard InChI is InChI=1S/C34H37N5O5/c1-21-17-28-29(18-27(21)34(42)43-3)37-32(40)30(28)31(22-7-5-4-6-8-22)36-24-11-9-23(10-12-24)33(41)38(2)44-16-15-39-19-25-13-14-26(20-39)35-25/h4-12,17-18,25-26,35-36H,13-16,19-20H2,1-3H3,(H,37,40)/b31-30-. The van der Waals surface area contributed by atoms with Crippen molar-refractivity contribution >= 4 is 40.4 Å². The first-order valence-electron chi connectivity index (χ1n) is 14.9. The monoisotopic (exact) mass is 595 g/mol. The third-order valence-electron chi connectivity index (χ3n) is 8.50. The van der Waals surface area contributed by atoms with Crippen molar-refractivity contribution in [1.29, 1.82) is 0 Å². The number of piperazine rings is 1. The number of hydrogen-bond donors (Lipinski definition) is 3. The number of hydrogen-bond acceptors (Lipinski definition) is 8. The van der Waals surface area contributed by atoms with Crippen molar-refractivity contribution in [3.63, 3.8) is 0 Å². The van der Waals surface area contributed by atoms with Crippen LogP contribution in [0.15, 0.2) is 66.7 Å². The lowest BCUT2D eigenvalue weighted by Gasteiger charge is -2.32. The molecule has 0 saturated carbocycles. The molecule has 3 aromatic rings. The van der Waals surface area contributed by atoms with Gasteiger partial charge in [0.15, 0.2) is 0 Å². The van der Waals surface area contributed by atoms with Crippen molar-refractivity contribution in [1.82, 2.24) is 15.3 Å². The van der Waals surface area contributed by atoms with Crippen LogP contribution in [0.5, 0.6) is 0 Å². The van der Waals surface area contributed by atoms with Gasteiger partial charge in [0.1, 0.15) is 0 Å². The van der Waals surface area contributed by atoms with E-state index in [9.17, 15) is 14.4 Å². The van der Waals surface area contributed by atoms with E-state index < -0.39 is 5.97 Å². The van der Waals surface area contributed by atoms with E-state index in [4.69, 9.17) is 9.57 Å². The van der Waals surface area contributed by atoms with Gasteiger partial charge in [-0.1, -0.05) is 30.3 Å². The van der Waals surface area contributed by atoms with Gasteiger partial charge in [-0.2, -0.15) is 0 Å². The van der Waals surface area contributed by atoms with Crippen molar-refractivity contribution in [2.45, 2.75) is 31.8 Å². The lowest BCUT2D eigenvalue weighted by atomic mass is 9.96. The highest BCUT2D eigenvalue weighted by molar-refractivity contribution is 6.37. The number of nitrogens with one attached hydrogen (secondary N) is 3. The summed E-state index contributed by atoms with van der Waals surface area (Å²) in [6.45, 7) is 5.09. The number of nitrogens with zero attached hydrogens (tertiary/aromatic N) is 2. The molecule has 44 heavy (non-hydrogen) atoms. The van der Waals surface area contributed by atoms with Crippen molar-refractivity contribution < 1.29 is 24.0 Å². The van der Waals surface area contributed by atoms with Crippen LogP contribution in [-0.2, 0) is 14.4 Å². The SMILES string of the molecule is COC(=O)c1cc2c(cc1C)/C(=C(/Nc1ccc(C(=O)N(C)OCCN3CC4CCC(C3)N4)cc1)c1ccccc1)C(=O)N2. The van der Waals surface area contributed by atoms with Crippen molar-refractivity contribution in [2.75, 3.05) is 51.0 Å². The van der Waals surface area contributed by atoms with Gasteiger partial charge in [0, 0.05) is 55.6 Å². The third-order valence-corrected chi connectivity index (χ3v) is 8.50. The van der Waals surface area contributed by atoms with Gasteiger partial charge >= 0.3 is 5.97 Å². The first-order chi connectivity index (χ1) is 21.3. The lowest BCUT2D eigenvalue weighted by Crippen LogP contribution is -2.52. The smallest absolute Gasteiger partial charge is 0.338 e. The van der Waals surface area contributed by atoms with E-state index in [1.807, 2.05) is 43.3 Å². The Balaban J connectivity index is 1.18. The van der Waals surface area contributed by atoms with Crippen molar-refractivity contribution in [2.24, 2.45) is 0 Å². The summed E-state index contributed by atoms with van der Waals surface area (Å²) in [4.78, 5) is 46.9. The zero-order valence-electron chi connectivity index (χ0n) is 25.2. The Labute approximate surface area is 257 Å². The number of fused-ring (bicyclic) bond motifs is 3. The Morgan fingerprint density at radius 1 is 1.00 bits per heavy atom. The number of likely N-dealkylation sites (tertiary alicyclic amines) is 1. The van der Waals surface area contributed by atoms with Crippen LogP contribution in [0, 0.1) is 6.92 Å². The Bertz CT molecular complexity index is 1590. The summed E-state index contributed by atoms with van der Waals surface area (Å²) >= 11 is 0. The zero-order valence-corrected chi connectivity index (χ0v) is 25.2. The molecule has 6 rings (SSSR count). The lowest BCUT2D eigenvalue weighted by molar-refractivity contribution is -0.111. The molecule has 3 aliphatic rings. The molecule has 0 aliphatic carbocycles. The second-order valence-electron chi connectivity index (χ2n) is 11.5. The van der Waals surface area contributed by atoms with E-state index in [0.717, 1.165) is 25.2 Å². The van der Waals surface area contributed by atoms with Gasteiger partial charge < -0.3 is 20.7 Å². The Hall–Kier alpha value is -4.51. The molecule has 3 heterocycles. The van der Waals surface area contributed by atoms with Crippen LogP contribution in [0.25, 0.3) is 11.3 Å². The molecule has 2 unspecified atom stereocenters. The van der Waals surface area contributed by atoms with Gasteiger partial charge in [0.2, 0.25) is 0 Å². The minimum absolute atomic E-state index is 0.237. The molecule has 3 aromatic carbocycles. The molecule has 10 nitrogen and oxygen atoms in total. The molecule has 2 atom stereocenters. The van der Waals surface area contributed by atoms with E-state index >= 15 is 0 Å². The molecular weight excluding hydrogens is 558 g/mol. The Morgan fingerprint density at radius 3 is 2.39 bits per heavy atom. The molecule has 2 bridgehead atoms. The highest BCUT2D eigenvalue weighted by atomic mass is 16.7. The van der Waals surface area contributed by atoms with E-state index in [-0.39, 0.29) is 11.8 Å². The maximum atomic E-state index is 13.3. The molecule has 10 heteroatoms. The fourth-order valence-electron chi connectivity index (χ4n) is 6.25. The molecule has 0 aromatic heterocycles. The minimum Gasteiger partial charge on any atom is -0.465 e. The number of aryl methyl sites for hydroxylation is 1. The number of ether oxygens (including phenoxy) is 1. The second kappa shape index (κ2) is 12.6. The predicted octanol–water partition coefficient (Wildman–Crippen LogP) is 4.15. The molecule has 228 valence electrons. The number of amides is 2. The quantitative estimate of drug-likeness (QED) is 0.192. The van der Waals surface area contributed by atoms with Crippen LogP contribution in [-0.4, -0.2) is 80.2 Å². The molecule has 2 saturated heterocycles. The summed E-state index contributed by atoms with van der Waals surface area (Å²) in [5.41, 5.74) is 5.38. The van der Waals surface area contributed by atoms with Gasteiger partial charge in [0.05, 0.1) is 36.2 Å². The van der Waals surface area contributed by atoms with Gasteiger partial charge in [-0.05, 0) is 67.3 Å². The molecule has 2 fully saturated rings. The van der Waals surface area contributed by atoms with E-state index in [1.54, 1.807) is 37.4 Å². The average Bonchev–Trinajstić information content (AvgIpc) is 3.55. The van der Waals surface area contributed by atoms with Crippen LogP contribution in [0.3, 0.4) is 0 Å². The predicted molar refractivity (Wildman–Crippen MR) is 169 cm³/mol. The fraction of sp³-hybridized carbons (Fsp3) is 0.324. The van der Waals surface area contributed by atoms with E-state index in [2.05, 4.69) is 20.9 Å². The molecule has 3 aliphatic heterocycles. The summed E-state index contributed by atoms with van der Waals surface area (Å²) in [6, 6.07) is 21.3. The summed E-state index contributed by atoms with van der Waals surface area (Å²) < 4.78 is 4.91. The van der Waals surface area contributed by atoms with Crippen LogP contribution in [0.2, 0.25) is 0 Å². The van der Waals surface area contributed by atoms with Crippen molar-refractivity contribution in [3.8, 4) is 0 Å². The summed E-state index contributed by atoms with van der Waals surface area (Å²) in [7, 11) is 2.97. The topological polar surface area (TPSA) is 112 Å². The molecule has 2 amide bonds. The van der Waals surface area contributed by atoms with Gasteiger partial charge in [-0.15, -0.1) is 0 Å². The van der Waals surface area contributed by atoms with Gasteiger partial charge in [-0.3, -0.25) is 19.3 Å². The molecule has 0 spiro atoms. The first kappa shape index (κ1) is 29.6. The average molecular weight is 596 g/mol. The van der Waals surface area contributed by atoms with Crippen molar-refractivity contribution in [3.05, 3.63) is 94.5 Å². The van der Waals surface area contributed by atoms with E-state index in [1.165, 1.54) is 25.0 Å². The number of carbonyl (C=O) groups excluding carboxylic acids is 3. The molecule has 3 N–H and O–H groups in total. The zero-order chi connectivity index (χ0) is 30.8. The number of hydroxylamine groups is 2. The molecule has 0 radical (unpaired) electrons. The van der Waals surface area contributed by atoms with Gasteiger partial charge in [-0.25, -0.2) is 9.86 Å².